The molecule has 0 saturated carbocycles. The monoisotopic (exact) mass is 409 g/mol. The minimum absolute atomic E-state index is 0.101. The molecule has 9 heteroatoms. The number of carbonyl (C=O) groups is 1. The third kappa shape index (κ3) is 5.06. The predicted molar refractivity (Wildman–Crippen MR) is 106 cm³/mol. The topological polar surface area (TPSA) is 88.6 Å². The number of benzene rings is 1. The number of aromatic nitrogens is 1. The first-order valence-electron chi connectivity index (χ1n) is 8.81. The Labute approximate surface area is 163 Å². The van der Waals surface area contributed by atoms with Crippen molar-refractivity contribution in [2.45, 2.75) is 19.8 Å². The highest BCUT2D eigenvalue weighted by molar-refractivity contribution is 7.88. The molecule has 0 bridgehead atoms. The molecule has 0 spiro atoms. The van der Waals surface area contributed by atoms with Gasteiger partial charge in [-0.05, 0) is 44.0 Å². The summed E-state index contributed by atoms with van der Waals surface area (Å²) < 4.78 is 30.0. The van der Waals surface area contributed by atoms with E-state index in [0.29, 0.717) is 37.7 Å². The smallest absolute Gasteiger partial charge is 0.229 e. The lowest BCUT2D eigenvalue weighted by Gasteiger charge is -2.29. The van der Waals surface area contributed by atoms with Gasteiger partial charge in [0.1, 0.15) is 5.75 Å². The molecule has 1 aliphatic heterocycles. The first-order chi connectivity index (χ1) is 12.9. The number of thiazole rings is 1. The number of piperidine rings is 1. The molecule has 0 aliphatic carbocycles. The maximum Gasteiger partial charge on any atom is 0.229 e. The Morgan fingerprint density at radius 1 is 1.30 bits per heavy atom. The summed E-state index contributed by atoms with van der Waals surface area (Å²) >= 11 is 1.38. The molecule has 1 saturated heterocycles. The van der Waals surface area contributed by atoms with Crippen molar-refractivity contribution in [2.75, 3.05) is 31.3 Å². The zero-order valence-electron chi connectivity index (χ0n) is 15.3. The van der Waals surface area contributed by atoms with Crippen LogP contribution in [0, 0.1) is 5.92 Å². The molecule has 7 nitrogen and oxygen atoms in total. The number of anilines is 1. The highest BCUT2D eigenvalue weighted by atomic mass is 32.2. The van der Waals surface area contributed by atoms with E-state index in [1.54, 1.807) is 0 Å². The molecule has 1 aromatic heterocycles. The van der Waals surface area contributed by atoms with Gasteiger partial charge >= 0.3 is 0 Å². The minimum atomic E-state index is -3.19. The molecular formula is C18H23N3O4S2. The van der Waals surface area contributed by atoms with E-state index in [2.05, 4.69) is 10.3 Å². The van der Waals surface area contributed by atoms with Crippen molar-refractivity contribution in [3.8, 4) is 17.0 Å². The lowest BCUT2D eigenvalue weighted by molar-refractivity contribution is -0.120. The third-order valence-corrected chi connectivity index (χ3v) is 6.55. The van der Waals surface area contributed by atoms with Crippen molar-refractivity contribution in [2.24, 2.45) is 5.92 Å². The van der Waals surface area contributed by atoms with Gasteiger partial charge in [-0.25, -0.2) is 17.7 Å². The molecule has 1 N–H and O–H groups in total. The van der Waals surface area contributed by atoms with E-state index in [4.69, 9.17) is 4.74 Å². The summed E-state index contributed by atoms with van der Waals surface area (Å²) in [5.41, 5.74) is 1.75. The summed E-state index contributed by atoms with van der Waals surface area (Å²) in [5, 5.41) is 5.31. The van der Waals surface area contributed by atoms with E-state index in [9.17, 15) is 13.2 Å². The zero-order chi connectivity index (χ0) is 19.4. The average molecular weight is 410 g/mol. The van der Waals surface area contributed by atoms with Gasteiger partial charge in [0.2, 0.25) is 15.9 Å². The van der Waals surface area contributed by atoms with E-state index in [1.165, 1.54) is 21.9 Å². The van der Waals surface area contributed by atoms with Crippen LogP contribution in [-0.2, 0) is 14.8 Å². The zero-order valence-corrected chi connectivity index (χ0v) is 17.0. The third-order valence-electron chi connectivity index (χ3n) is 4.49. The molecule has 3 rings (SSSR count). The van der Waals surface area contributed by atoms with Crippen LogP contribution in [0.5, 0.6) is 5.75 Å². The Morgan fingerprint density at radius 3 is 2.56 bits per heavy atom. The van der Waals surface area contributed by atoms with E-state index >= 15 is 0 Å². The van der Waals surface area contributed by atoms with Crippen molar-refractivity contribution in [1.29, 1.82) is 0 Å². The summed E-state index contributed by atoms with van der Waals surface area (Å²) in [6, 6.07) is 7.66. The van der Waals surface area contributed by atoms with Gasteiger partial charge in [0, 0.05) is 30.0 Å². The van der Waals surface area contributed by atoms with Gasteiger partial charge in [0.25, 0.3) is 0 Å². The highest BCUT2D eigenvalue weighted by Crippen LogP contribution is 2.28. The fourth-order valence-electron chi connectivity index (χ4n) is 3.01. The second kappa shape index (κ2) is 8.37. The van der Waals surface area contributed by atoms with Gasteiger partial charge in [-0.1, -0.05) is 0 Å². The lowest BCUT2D eigenvalue weighted by Crippen LogP contribution is -2.40. The Kier molecular flexibility index (Phi) is 6.13. The van der Waals surface area contributed by atoms with Crippen LogP contribution in [0.3, 0.4) is 0 Å². The summed E-state index contributed by atoms with van der Waals surface area (Å²) in [4.78, 5) is 16.9. The molecule has 2 heterocycles. The van der Waals surface area contributed by atoms with Gasteiger partial charge in [0.05, 0.1) is 18.6 Å². The summed E-state index contributed by atoms with van der Waals surface area (Å²) in [6.07, 6.45) is 2.25. The fraction of sp³-hybridized carbons (Fsp3) is 0.444. The number of ether oxygens (including phenoxy) is 1. The quantitative estimate of drug-likeness (QED) is 0.793. The van der Waals surface area contributed by atoms with Crippen molar-refractivity contribution >= 4 is 32.4 Å². The molecule has 1 aliphatic rings. The van der Waals surface area contributed by atoms with Crippen molar-refractivity contribution in [3.63, 3.8) is 0 Å². The number of hydrogen-bond donors (Lipinski definition) is 1. The van der Waals surface area contributed by atoms with Crippen LogP contribution in [0.1, 0.15) is 19.8 Å². The molecular weight excluding hydrogens is 386 g/mol. The van der Waals surface area contributed by atoms with E-state index in [-0.39, 0.29) is 11.8 Å². The predicted octanol–water partition coefficient (Wildman–Crippen LogP) is 2.82. The Morgan fingerprint density at radius 2 is 1.96 bits per heavy atom. The van der Waals surface area contributed by atoms with Crippen molar-refractivity contribution < 1.29 is 17.9 Å². The Balaban J connectivity index is 1.58. The van der Waals surface area contributed by atoms with Crippen LogP contribution in [0.25, 0.3) is 11.3 Å². The number of carbonyl (C=O) groups excluding carboxylic acids is 1. The largest absolute Gasteiger partial charge is 0.494 e. The van der Waals surface area contributed by atoms with E-state index < -0.39 is 10.0 Å². The Bertz CT molecular complexity index is 886. The first kappa shape index (κ1) is 19.8. The number of amides is 1. The van der Waals surface area contributed by atoms with Crippen LogP contribution in [-0.4, -0.2) is 49.6 Å². The van der Waals surface area contributed by atoms with Gasteiger partial charge < -0.3 is 10.1 Å². The van der Waals surface area contributed by atoms with E-state index in [0.717, 1.165) is 17.0 Å². The van der Waals surface area contributed by atoms with Crippen LogP contribution in [0.4, 0.5) is 5.13 Å². The lowest BCUT2D eigenvalue weighted by atomic mass is 9.97. The number of sulfonamides is 1. The van der Waals surface area contributed by atoms with Crippen LogP contribution in [0.2, 0.25) is 0 Å². The second-order valence-corrected chi connectivity index (χ2v) is 9.26. The molecule has 146 valence electrons. The number of rotatable bonds is 6. The molecule has 0 radical (unpaired) electrons. The van der Waals surface area contributed by atoms with Gasteiger partial charge in [-0.15, -0.1) is 11.3 Å². The number of nitrogens with zero attached hydrogens (tertiary/aromatic N) is 2. The Hall–Kier alpha value is -1.97. The van der Waals surface area contributed by atoms with Crippen molar-refractivity contribution in [1.82, 2.24) is 9.29 Å². The molecule has 1 amide bonds. The van der Waals surface area contributed by atoms with Gasteiger partial charge in [-0.2, -0.15) is 0 Å². The fourth-order valence-corrected chi connectivity index (χ4v) is 4.61. The summed E-state index contributed by atoms with van der Waals surface area (Å²) in [6.45, 7) is 3.32. The molecule has 0 atom stereocenters. The number of nitrogens with one attached hydrogen (secondary N) is 1. The summed E-state index contributed by atoms with van der Waals surface area (Å²) in [7, 11) is -3.19. The molecule has 2 aromatic rings. The van der Waals surface area contributed by atoms with Crippen LogP contribution < -0.4 is 10.1 Å². The van der Waals surface area contributed by atoms with Crippen LogP contribution in [0.15, 0.2) is 29.6 Å². The minimum Gasteiger partial charge on any atom is -0.494 e. The maximum absolute atomic E-state index is 12.5. The molecule has 1 fully saturated rings. The molecule has 27 heavy (non-hydrogen) atoms. The van der Waals surface area contributed by atoms with Crippen LogP contribution >= 0.6 is 11.3 Å². The summed E-state index contributed by atoms with van der Waals surface area (Å²) in [5.74, 6) is 0.516. The van der Waals surface area contributed by atoms with Crippen molar-refractivity contribution in [3.05, 3.63) is 29.6 Å². The normalized spacial score (nSPS) is 16.2. The average Bonchev–Trinajstić information content (AvgIpc) is 3.10. The van der Waals surface area contributed by atoms with Gasteiger partial charge in [-0.3, -0.25) is 4.79 Å². The second-order valence-electron chi connectivity index (χ2n) is 6.42. The van der Waals surface area contributed by atoms with E-state index in [1.807, 2.05) is 36.6 Å². The first-order valence-corrected chi connectivity index (χ1v) is 11.5. The number of hydrogen-bond acceptors (Lipinski definition) is 6. The maximum atomic E-state index is 12.5. The molecule has 1 aromatic carbocycles. The SMILES string of the molecule is CCOc1ccc(-c2csc(NC(=O)C3CCN(S(C)(=O)=O)CC3)n2)cc1. The highest BCUT2D eigenvalue weighted by Gasteiger charge is 2.29. The molecule has 0 unspecified atom stereocenters. The van der Waals surface area contributed by atoms with Gasteiger partial charge in [0.15, 0.2) is 5.13 Å². The standard InChI is InChI=1S/C18H23N3O4S2/c1-3-25-15-6-4-13(5-7-15)16-12-26-18(19-16)20-17(22)14-8-10-21(11-9-14)27(2,23)24/h4-7,12,14H,3,8-11H2,1-2H3,(H,19,20,22).